The van der Waals surface area contributed by atoms with Crippen LogP contribution in [0.4, 0.5) is 0 Å². The molecule has 0 amide bonds. The average Bonchev–Trinajstić information content (AvgIpc) is 2.46. The summed E-state index contributed by atoms with van der Waals surface area (Å²) in [5.41, 5.74) is 2.33. The second-order valence-electron chi connectivity index (χ2n) is 2.92. The van der Waals surface area contributed by atoms with Gasteiger partial charge >= 0.3 is 0 Å². The predicted octanol–water partition coefficient (Wildman–Crippen LogP) is 2.16. The van der Waals surface area contributed by atoms with E-state index in [1.165, 1.54) is 10.9 Å². The Kier molecular flexibility index (Phi) is 1.61. The summed E-state index contributed by atoms with van der Waals surface area (Å²) < 4.78 is 1.98. The van der Waals surface area contributed by atoms with Gasteiger partial charge in [0.2, 0.25) is 0 Å². The van der Waals surface area contributed by atoms with Crippen molar-refractivity contribution in [3.63, 3.8) is 0 Å². The molecule has 0 saturated heterocycles. The number of benzene rings is 1. The van der Waals surface area contributed by atoms with E-state index >= 15 is 0 Å². The van der Waals surface area contributed by atoms with Gasteiger partial charge in [0.05, 0.1) is 11.7 Å². The number of hydrogen-bond acceptors (Lipinski definition) is 1. The molecule has 2 heteroatoms. The zero-order valence-corrected chi connectivity index (χ0v) is 7.33. The molecule has 0 aliphatic heterocycles. The van der Waals surface area contributed by atoms with Gasteiger partial charge in [-0.2, -0.15) is 5.10 Å². The van der Waals surface area contributed by atoms with Crippen LogP contribution in [-0.2, 0) is 6.54 Å². The smallest absolute Gasteiger partial charge is 0.0688 e. The minimum atomic E-state index is 0.917. The Morgan fingerprint density at radius 2 is 2.42 bits per heavy atom. The number of rotatable bonds is 1. The fraction of sp³-hybridized carbons (Fsp3) is 0.300. The van der Waals surface area contributed by atoms with Crippen LogP contribution >= 0.6 is 0 Å². The van der Waals surface area contributed by atoms with E-state index in [1.54, 1.807) is 0 Å². The van der Waals surface area contributed by atoms with Gasteiger partial charge < -0.3 is 0 Å². The highest BCUT2D eigenvalue weighted by Gasteiger charge is 1.99. The van der Waals surface area contributed by atoms with Gasteiger partial charge in [-0.3, -0.25) is 4.68 Å². The maximum absolute atomic E-state index is 4.25. The molecule has 2 aromatic rings. The minimum absolute atomic E-state index is 0.917. The summed E-state index contributed by atoms with van der Waals surface area (Å²) in [5.74, 6) is 0. The van der Waals surface area contributed by atoms with Gasteiger partial charge in [0.25, 0.3) is 0 Å². The lowest BCUT2D eigenvalue weighted by Crippen LogP contribution is -1.94. The van der Waals surface area contributed by atoms with E-state index in [2.05, 4.69) is 24.2 Å². The van der Waals surface area contributed by atoms with E-state index in [0.717, 1.165) is 12.1 Å². The monoisotopic (exact) mass is 159 g/mol. The van der Waals surface area contributed by atoms with Crippen LogP contribution in [0.2, 0.25) is 0 Å². The SMILES string of the molecule is CCn1ncc2cc(C)[c]cc21. The van der Waals surface area contributed by atoms with Gasteiger partial charge in [-0.25, -0.2) is 0 Å². The first-order chi connectivity index (χ1) is 5.81. The molecular weight excluding hydrogens is 148 g/mol. The summed E-state index contributed by atoms with van der Waals surface area (Å²) in [7, 11) is 0. The van der Waals surface area contributed by atoms with Crippen LogP contribution in [0.3, 0.4) is 0 Å². The topological polar surface area (TPSA) is 17.8 Å². The maximum atomic E-state index is 4.25. The third-order valence-electron chi connectivity index (χ3n) is 2.02. The average molecular weight is 159 g/mol. The Bertz CT molecular complexity index is 401. The Balaban J connectivity index is 2.73. The van der Waals surface area contributed by atoms with Crippen molar-refractivity contribution in [2.75, 3.05) is 0 Å². The first kappa shape index (κ1) is 7.35. The summed E-state index contributed by atoms with van der Waals surface area (Å²) in [5, 5.41) is 5.45. The van der Waals surface area contributed by atoms with E-state index in [1.807, 2.05) is 23.9 Å². The van der Waals surface area contributed by atoms with Gasteiger partial charge in [-0.15, -0.1) is 0 Å². The molecule has 0 atom stereocenters. The molecular formula is C10H11N2. The number of aromatic nitrogens is 2. The van der Waals surface area contributed by atoms with E-state index in [9.17, 15) is 0 Å². The minimum Gasteiger partial charge on any atom is -0.265 e. The Morgan fingerprint density at radius 1 is 1.58 bits per heavy atom. The Morgan fingerprint density at radius 3 is 3.17 bits per heavy atom. The van der Waals surface area contributed by atoms with Crippen molar-refractivity contribution in [1.29, 1.82) is 0 Å². The van der Waals surface area contributed by atoms with Crippen LogP contribution in [0.1, 0.15) is 12.5 Å². The van der Waals surface area contributed by atoms with Crippen LogP contribution in [0.25, 0.3) is 10.9 Å². The Hall–Kier alpha value is -1.31. The molecule has 2 rings (SSSR count). The van der Waals surface area contributed by atoms with Gasteiger partial charge in [-0.1, -0.05) is 0 Å². The summed E-state index contributed by atoms with van der Waals surface area (Å²) >= 11 is 0. The van der Waals surface area contributed by atoms with Crippen LogP contribution in [0, 0.1) is 13.0 Å². The lowest BCUT2D eigenvalue weighted by molar-refractivity contribution is 0.684. The van der Waals surface area contributed by atoms with Crippen LogP contribution in [0.15, 0.2) is 18.3 Å². The van der Waals surface area contributed by atoms with Crippen molar-refractivity contribution < 1.29 is 0 Å². The van der Waals surface area contributed by atoms with Gasteiger partial charge in [0.1, 0.15) is 0 Å². The maximum Gasteiger partial charge on any atom is 0.0688 e. The third-order valence-corrected chi connectivity index (χ3v) is 2.02. The second kappa shape index (κ2) is 2.63. The summed E-state index contributed by atoms with van der Waals surface area (Å²) in [6.45, 7) is 5.05. The Labute approximate surface area is 71.8 Å². The highest BCUT2D eigenvalue weighted by molar-refractivity contribution is 5.78. The van der Waals surface area contributed by atoms with Crippen LogP contribution in [0.5, 0.6) is 0 Å². The fourth-order valence-electron chi connectivity index (χ4n) is 1.39. The van der Waals surface area contributed by atoms with Gasteiger partial charge in [-0.05, 0) is 37.6 Å². The van der Waals surface area contributed by atoms with E-state index in [4.69, 9.17) is 0 Å². The first-order valence-electron chi connectivity index (χ1n) is 4.15. The normalized spacial score (nSPS) is 10.8. The van der Waals surface area contributed by atoms with Crippen molar-refractivity contribution >= 4 is 10.9 Å². The molecule has 0 N–H and O–H groups in total. The molecule has 12 heavy (non-hydrogen) atoms. The molecule has 0 unspecified atom stereocenters. The first-order valence-corrected chi connectivity index (χ1v) is 4.15. The predicted molar refractivity (Wildman–Crippen MR) is 49.0 cm³/mol. The van der Waals surface area contributed by atoms with Crippen LogP contribution < -0.4 is 0 Å². The summed E-state index contributed by atoms with van der Waals surface area (Å²) in [6, 6.07) is 7.28. The van der Waals surface area contributed by atoms with Crippen molar-refractivity contribution in [2.24, 2.45) is 0 Å². The molecule has 0 aliphatic rings. The molecule has 1 heterocycles. The van der Waals surface area contributed by atoms with Gasteiger partial charge in [0.15, 0.2) is 0 Å². The second-order valence-corrected chi connectivity index (χ2v) is 2.92. The fourth-order valence-corrected chi connectivity index (χ4v) is 1.39. The number of aryl methyl sites for hydroxylation is 2. The molecule has 1 radical (unpaired) electrons. The molecule has 0 bridgehead atoms. The van der Waals surface area contributed by atoms with E-state index in [0.29, 0.717) is 0 Å². The quantitative estimate of drug-likeness (QED) is 0.623. The van der Waals surface area contributed by atoms with Crippen LogP contribution in [-0.4, -0.2) is 9.78 Å². The van der Waals surface area contributed by atoms with Crippen molar-refractivity contribution in [3.05, 3.63) is 30.0 Å². The number of hydrogen-bond donors (Lipinski definition) is 0. The lowest BCUT2D eigenvalue weighted by atomic mass is 10.2. The number of nitrogens with zero attached hydrogens (tertiary/aromatic N) is 2. The van der Waals surface area contributed by atoms with Crippen molar-refractivity contribution in [1.82, 2.24) is 9.78 Å². The standard InChI is InChI=1S/C10H11N2/c1-3-12-10-5-4-8(2)6-9(10)7-11-12/h5-7H,3H2,1-2H3. The molecule has 0 spiro atoms. The third kappa shape index (κ3) is 0.998. The zero-order chi connectivity index (χ0) is 8.55. The summed E-state index contributed by atoms with van der Waals surface area (Å²) in [6.07, 6.45) is 1.90. The molecule has 2 nitrogen and oxygen atoms in total. The number of fused-ring (bicyclic) bond motifs is 1. The van der Waals surface area contributed by atoms with Crippen molar-refractivity contribution in [3.8, 4) is 0 Å². The lowest BCUT2D eigenvalue weighted by Gasteiger charge is -1.97. The highest BCUT2D eigenvalue weighted by Crippen LogP contribution is 2.14. The molecule has 61 valence electrons. The largest absolute Gasteiger partial charge is 0.265 e. The molecule has 1 aromatic carbocycles. The molecule has 0 aliphatic carbocycles. The van der Waals surface area contributed by atoms with Crippen molar-refractivity contribution in [2.45, 2.75) is 20.4 Å². The zero-order valence-electron chi connectivity index (χ0n) is 7.33. The molecule has 0 fully saturated rings. The summed E-state index contributed by atoms with van der Waals surface area (Å²) in [4.78, 5) is 0. The highest BCUT2D eigenvalue weighted by atomic mass is 15.3. The molecule has 0 saturated carbocycles. The van der Waals surface area contributed by atoms with E-state index in [-0.39, 0.29) is 0 Å². The molecule has 1 aromatic heterocycles. The van der Waals surface area contributed by atoms with Gasteiger partial charge in [0, 0.05) is 11.9 Å². The van der Waals surface area contributed by atoms with E-state index < -0.39 is 0 Å².